The Bertz CT molecular complexity index is 744. The summed E-state index contributed by atoms with van der Waals surface area (Å²) in [5, 5.41) is 20.9. The normalized spacial score (nSPS) is 9.52. The van der Waals surface area contributed by atoms with Gasteiger partial charge in [-0.2, -0.15) is 10.5 Å². The highest BCUT2D eigenvalue weighted by Gasteiger charge is 2.09. The fourth-order valence-electron chi connectivity index (χ4n) is 1.96. The monoisotopic (exact) mass is 281 g/mol. The summed E-state index contributed by atoms with van der Waals surface area (Å²) in [5.41, 5.74) is 1.63. The van der Waals surface area contributed by atoms with Gasteiger partial charge in [0, 0.05) is 12.1 Å². The summed E-state index contributed by atoms with van der Waals surface area (Å²) in [6.45, 7) is 0.316. The number of halogens is 1. The molecule has 0 bridgehead atoms. The molecular weight excluding hydrogens is 269 g/mol. The fraction of sp³-hybridized carbons (Fsp3) is 0.125. The molecule has 0 unspecified atom stereocenters. The Labute approximate surface area is 122 Å². The van der Waals surface area contributed by atoms with Crippen LogP contribution >= 0.6 is 0 Å². The van der Waals surface area contributed by atoms with Crippen LogP contribution in [-0.4, -0.2) is 7.11 Å². The Morgan fingerprint density at radius 2 is 2.00 bits per heavy atom. The third-order valence-electron chi connectivity index (χ3n) is 3.00. The number of methoxy groups -OCH3 is 1. The first-order valence-electron chi connectivity index (χ1n) is 6.19. The molecule has 1 N–H and O–H groups in total. The minimum atomic E-state index is -0.569. The molecular formula is C16H12FN3O. The molecule has 0 aliphatic heterocycles. The Hall–Kier alpha value is -3.05. The molecule has 104 valence electrons. The quantitative estimate of drug-likeness (QED) is 0.934. The van der Waals surface area contributed by atoms with E-state index in [1.807, 2.05) is 6.07 Å². The van der Waals surface area contributed by atoms with Crippen molar-refractivity contribution in [2.24, 2.45) is 0 Å². The van der Waals surface area contributed by atoms with Crippen LogP contribution in [0.15, 0.2) is 36.4 Å². The molecule has 0 radical (unpaired) electrons. The number of nitriles is 2. The highest BCUT2D eigenvalue weighted by atomic mass is 19.1. The minimum Gasteiger partial charge on any atom is -0.496 e. The lowest BCUT2D eigenvalue weighted by Crippen LogP contribution is -2.04. The topological polar surface area (TPSA) is 68.8 Å². The van der Waals surface area contributed by atoms with Crippen molar-refractivity contribution in [2.45, 2.75) is 6.54 Å². The number of hydrogen-bond donors (Lipinski definition) is 1. The second-order valence-corrected chi connectivity index (χ2v) is 4.27. The van der Waals surface area contributed by atoms with Crippen LogP contribution in [0.2, 0.25) is 0 Å². The van der Waals surface area contributed by atoms with Gasteiger partial charge in [-0.1, -0.05) is 6.07 Å². The van der Waals surface area contributed by atoms with Crippen LogP contribution in [0.25, 0.3) is 0 Å². The van der Waals surface area contributed by atoms with Crippen molar-refractivity contribution >= 4 is 5.69 Å². The van der Waals surface area contributed by atoms with E-state index in [0.717, 1.165) is 5.56 Å². The van der Waals surface area contributed by atoms with E-state index in [9.17, 15) is 4.39 Å². The van der Waals surface area contributed by atoms with E-state index in [1.54, 1.807) is 24.3 Å². The largest absolute Gasteiger partial charge is 0.496 e. The van der Waals surface area contributed by atoms with Crippen molar-refractivity contribution in [3.8, 4) is 17.9 Å². The lowest BCUT2D eigenvalue weighted by molar-refractivity contribution is 0.410. The number of nitrogens with zero attached hydrogens (tertiary/aromatic N) is 2. The highest BCUT2D eigenvalue weighted by molar-refractivity contribution is 5.58. The number of benzene rings is 2. The number of rotatable bonds is 4. The maximum atomic E-state index is 13.5. The second-order valence-electron chi connectivity index (χ2n) is 4.27. The maximum Gasteiger partial charge on any atom is 0.143 e. The van der Waals surface area contributed by atoms with Crippen molar-refractivity contribution < 1.29 is 9.13 Å². The SMILES string of the molecule is COc1ccc(C#N)cc1CNc1cccc(F)c1C#N. The molecule has 0 spiro atoms. The average Bonchev–Trinajstić information content (AvgIpc) is 2.52. The summed E-state index contributed by atoms with van der Waals surface area (Å²) in [6.07, 6.45) is 0. The lowest BCUT2D eigenvalue weighted by Gasteiger charge is -2.12. The van der Waals surface area contributed by atoms with E-state index < -0.39 is 5.82 Å². The first kappa shape index (κ1) is 14.4. The third kappa shape index (κ3) is 3.10. The van der Waals surface area contributed by atoms with Gasteiger partial charge in [-0.05, 0) is 30.3 Å². The molecule has 0 amide bonds. The number of anilines is 1. The van der Waals surface area contributed by atoms with E-state index >= 15 is 0 Å². The van der Waals surface area contributed by atoms with Crippen LogP contribution in [0, 0.1) is 28.5 Å². The minimum absolute atomic E-state index is 0.0343. The lowest BCUT2D eigenvalue weighted by atomic mass is 10.1. The Morgan fingerprint density at radius 1 is 1.19 bits per heavy atom. The summed E-state index contributed by atoms with van der Waals surface area (Å²) in [4.78, 5) is 0. The van der Waals surface area contributed by atoms with Crippen LogP contribution in [0.1, 0.15) is 16.7 Å². The molecule has 0 atom stereocenters. The van der Waals surface area contributed by atoms with Gasteiger partial charge in [0.15, 0.2) is 0 Å². The van der Waals surface area contributed by atoms with Crippen LogP contribution in [0.5, 0.6) is 5.75 Å². The smallest absolute Gasteiger partial charge is 0.143 e. The van der Waals surface area contributed by atoms with Gasteiger partial charge in [-0.25, -0.2) is 4.39 Å². The zero-order valence-electron chi connectivity index (χ0n) is 11.4. The Morgan fingerprint density at radius 3 is 2.67 bits per heavy atom. The Kier molecular flexibility index (Phi) is 4.38. The van der Waals surface area contributed by atoms with Crippen molar-refractivity contribution in [1.82, 2.24) is 0 Å². The van der Waals surface area contributed by atoms with Gasteiger partial charge in [0.25, 0.3) is 0 Å². The van der Waals surface area contributed by atoms with E-state index in [1.165, 1.54) is 19.2 Å². The predicted octanol–water partition coefficient (Wildman–Crippen LogP) is 3.19. The van der Waals surface area contributed by atoms with Gasteiger partial charge in [0.2, 0.25) is 0 Å². The molecule has 2 aromatic rings. The predicted molar refractivity (Wildman–Crippen MR) is 76.2 cm³/mol. The first-order valence-corrected chi connectivity index (χ1v) is 6.19. The van der Waals surface area contributed by atoms with Gasteiger partial charge >= 0.3 is 0 Å². The molecule has 2 rings (SSSR count). The molecule has 0 aliphatic carbocycles. The molecule has 0 heterocycles. The zero-order valence-corrected chi connectivity index (χ0v) is 11.4. The van der Waals surface area contributed by atoms with Crippen LogP contribution in [0.4, 0.5) is 10.1 Å². The van der Waals surface area contributed by atoms with E-state index in [2.05, 4.69) is 11.4 Å². The zero-order chi connectivity index (χ0) is 15.2. The third-order valence-corrected chi connectivity index (χ3v) is 3.00. The highest BCUT2D eigenvalue weighted by Crippen LogP contribution is 2.23. The van der Waals surface area contributed by atoms with E-state index in [4.69, 9.17) is 15.3 Å². The van der Waals surface area contributed by atoms with Crippen LogP contribution in [0.3, 0.4) is 0 Å². The van der Waals surface area contributed by atoms with Gasteiger partial charge in [-0.3, -0.25) is 0 Å². The summed E-state index contributed by atoms with van der Waals surface area (Å²) >= 11 is 0. The van der Waals surface area contributed by atoms with Crippen molar-refractivity contribution in [3.63, 3.8) is 0 Å². The standard InChI is InChI=1S/C16H12FN3O/c1-21-16-6-5-11(8-18)7-12(16)10-20-15-4-2-3-14(17)13(15)9-19/h2-7,20H,10H2,1H3. The van der Waals surface area contributed by atoms with Crippen LogP contribution in [-0.2, 0) is 6.54 Å². The number of nitrogens with one attached hydrogen (secondary N) is 1. The summed E-state index contributed by atoms with van der Waals surface area (Å²) in [7, 11) is 1.54. The number of hydrogen-bond acceptors (Lipinski definition) is 4. The van der Waals surface area contributed by atoms with Crippen molar-refractivity contribution in [1.29, 1.82) is 10.5 Å². The first-order chi connectivity index (χ1) is 10.2. The molecule has 0 fully saturated rings. The van der Waals surface area contributed by atoms with Gasteiger partial charge < -0.3 is 10.1 Å². The summed E-state index contributed by atoms with van der Waals surface area (Å²) < 4.78 is 18.7. The van der Waals surface area contributed by atoms with Gasteiger partial charge in [0.05, 0.1) is 24.4 Å². The molecule has 0 saturated carbocycles. The fourth-order valence-corrected chi connectivity index (χ4v) is 1.96. The van der Waals surface area contributed by atoms with Crippen LogP contribution < -0.4 is 10.1 Å². The molecule has 5 heteroatoms. The molecule has 0 aromatic heterocycles. The van der Waals surface area contributed by atoms with Gasteiger partial charge in [-0.15, -0.1) is 0 Å². The molecule has 0 saturated heterocycles. The maximum absolute atomic E-state index is 13.5. The molecule has 21 heavy (non-hydrogen) atoms. The Balaban J connectivity index is 2.27. The molecule has 2 aromatic carbocycles. The van der Waals surface area contributed by atoms with Gasteiger partial charge in [0.1, 0.15) is 23.2 Å². The van der Waals surface area contributed by atoms with Crippen molar-refractivity contribution in [3.05, 3.63) is 58.9 Å². The molecule has 0 aliphatic rings. The second kappa shape index (κ2) is 6.40. The van der Waals surface area contributed by atoms with E-state index in [0.29, 0.717) is 23.5 Å². The average molecular weight is 281 g/mol. The number of ether oxygens (including phenoxy) is 1. The van der Waals surface area contributed by atoms with Crippen molar-refractivity contribution in [2.75, 3.05) is 12.4 Å². The van der Waals surface area contributed by atoms with E-state index in [-0.39, 0.29) is 5.56 Å². The molecule has 4 nitrogen and oxygen atoms in total. The summed E-state index contributed by atoms with van der Waals surface area (Å²) in [5.74, 6) is 0.0525. The summed E-state index contributed by atoms with van der Waals surface area (Å²) in [6, 6.07) is 13.3.